The van der Waals surface area contributed by atoms with Gasteiger partial charge >= 0.3 is 6.09 Å². The fourth-order valence-electron chi connectivity index (χ4n) is 4.17. The average molecular weight is 563 g/mol. The number of rotatable bonds is 10. The number of ether oxygens (including phenoxy) is 1. The number of carbonyl (C=O) groups excluding carboxylic acids is 1. The van der Waals surface area contributed by atoms with Crippen LogP contribution < -0.4 is 14.8 Å². The number of nitrogens with one attached hydrogen (secondary N) is 2. The first-order valence-corrected chi connectivity index (χ1v) is 14.6. The van der Waals surface area contributed by atoms with Crippen molar-refractivity contribution in [3.05, 3.63) is 84.3 Å². The van der Waals surface area contributed by atoms with E-state index in [1.54, 1.807) is 76.2 Å². The standard InChI is InChI=1S/C30H34N4O5S/c1-21-32-28(33-39-21)24-12-9-11-22(20-24)10-7-8-19-31-29(35)38-25-17-15-23(16-18-25)26-13-5-6-14-27(26)40(36,37)34-30(2,3)4/h5-6,9,11-18,20,34H,7-8,10,19H2,1-4H3,(H,31,35). The van der Waals surface area contributed by atoms with E-state index < -0.39 is 21.7 Å². The first-order chi connectivity index (χ1) is 19.0. The lowest BCUT2D eigenvalue weighted by Crippen LogP contribution is -2.40. The molecule has 0 spiro atoms. The number of sulfonamides is 1. The summed E-state index contributed by atoms with van der Waals surface area (Å²) in [7, 11) is -3.73. The number of amides is 1. The summed E-state index contributed by atoms with van der Waals surface area (Å²) in [5, 5.41) is 6.73. The number of aromatic nitrogens is 2. The van der Waals surface area contributed by atoms with Crippen LogP contribution in [-0.4, -0.2) is 36.7 Å². The second-order valence-electron chi connectivity index (χ2n) is 10.5. The smallest absolute Gasteiger partial charge is 0.410 e. The molecule has 3 aromatic carbocycles. The molecule has 2 N–H and O–H groups in total. The largest absolute Gasteiger partial charge is 0.412 e. The normalized spacial score (nSPS) is 11.8. The van der Waals surface area contributed by atoms with Crippen LogP contribution in [-0.2, 0) is 16.4 Å². The third-order valence-corrected chi connectivity index (χ3v) is 7.68. The fraction of sp³-hybridized carbons (Fsp3) is 0.300. The van der Waals surface area contributed by atoms with Crippen LogP contribution in [0.5, 0.6) is 5.75 Å². The Morgan fingerprint density at radius 2 is 1.70 bits per heavy atom. The van der Waals surface area contributed by atoms with Gasteiger partial charge in [-0.3, -0.25) is 0 Å². The Kier molecular flexibility index (Phi) is 9.01. The van der Waals surface area contributed by atoms with Crippen LogP contribution in [0.2, 0.25) is 0 Å². The van der Waals surface area contributed by atoms with Gasteiger partial charge in [0.15, 0.2) is 0 Å². The van der Waals surface area contributed by atoms with Crippen molar-refractivity contribution in [3.63, 3.8) is 0 Å². The number of benzene rings is 3. The van der Waals surface area contributed by atoms with Gasteiger partial charge < -0.3 is 14.6 Å². The van der Waals surface area contributed by atoms with Crippen LogP contribution in [0.25, 0.3) is 22.5 Å². The van der Waals surface area contributed by atoms with Crippen molar-refractivity contribution in [1.82, 2.24) is 20.2 Å². The molecular formula is C30H34N4O5S. The summed E-state index contributed by atoms with van der Waals surface area (Å²) in [5.74, 6) is 1.46. The molecule has 0 aliphatic heterocycles. The summed E-state index contributed by atoms with van der Waals surface area (Å²) in [5.41, 5.74) is 2.71. The van der Waals surface area contributed by atoms with Gasteiger partial charge in [0.2, 0.25) is 21.7 Å². The zero-order valence-corrected chi connectivity index (χ0v) is 23.9. The molecule has 40 heavy (non-hydrogen) atoms. The van der Waals surface area contributed by atoms with E-state index in [1.165, 1.54) is 0 Å². The highest BCUT2D eigenvalue weighted by molar-refractivity contribution is 7.89. The third-order valence-electron chi connectivity index (χ3n) is 5.87. The van der Waals surface area contributed by atoms with E-state index in [0.29, 0.717) is 35.1 Å². The number of hydrogen-bond acceptors (Lipinski definition) is 7. The van der Waals surface area contributed by atoms with Crippen molar-refractivity contribution in [2.24, 2.45) is 0 Å². The van der Waals surface area contributed by atoms with Gasteiger partial charge in [0, 0.05) is 30.1 Å². The van der Waals surface area contributed by atoms with E-state index in [4.69, 9.17) is 9.26 Å². The molecule has 0 aliphatic rings. The molecule has 1 heterocycles. The lowest BCUT2D eigenvalue weighted by Gasteiger charge is -2.21. The number of hydrogen-bond donors (Lipinski definition) is 2. The Hall–Kier alpha value is -4.02. The summed E-state index contributed by atoms with van der Waals surface area (Å²) in [6, 6.07) is 21.6. The van der Waals surface area contributed by atoms with Crippen molar-refractivity contribution in [2.75, 3.05) is 6.54 Å². The molecule has 10 heteroatoms. The van der Waals surface area contributed by atoms with Crippen molar-refractivity contribution >= 4 is 16.1 Å². The third kappa shape index (κ3) is 8.00. The number of unbranched alkanes of at least 4 members (excludes halogenated alkanes) is 1. The van der Waals surface area contributed by atoms with Crippen LogP contribution >= 0.6 is 0 Å². The summed E-state index contributed by atoms with van der Waals surface area (Å²) in [4.78, 5) is 16.7. The van der Waals surface area contributed by atoms with Crippen LogP contribution in [0.4, 0.5) is 4.79 Å². The maximum absolute atomic E-state index is 13.0. The van der Waals surface area contributed by atoms with Gasteiger partial charge in [-0.15, -0.1) is 0 Å². The highest BCUT2D eigenvalue weighted by Gasteiger charge is 2.24. The molecule has 0 radical (unpaired) electrons. The highest BCUT2D eigenvalue weighted by atomic mass is 32.2. The van der Waals surface area contributed by atoms with E-state index in [0.717, 1.165) is 30.4 Å². The second-order valence-corrected chi connectivity index (χ2v) is 12.1. The molecule has 0 fully saturated rings. The van der Waals surface area contributed by atoms with Crippen molar-refractivity contribution in [2.45, 2.75) is 57.4 Å². The topological polar surface area (TPSA) is 123 Å². The maximum atomic E-state index is 13.0. The maximum Gasteiger partial charge on any atom is 0.412 e. The van der Waals surface area contributed by atoms with Crippen LogP contribution in [0, 0.1) is 6.92 Å². The second kappa shape index (κ2) is 12.4. The molecule has 210 valence electrons. The zero-order valence-electron chi connectivity index (χ0n) is 23.1. The van der Waals surface area contributed by atoms with E-state index in [-0.39, 0.29) is 4.90 Å². The van der Waals surface area contributed by atoms with Crippen LogP contribution in [0.15, 0.2) is 82.2 Å². The number of carbonyl (C=O) groups is 1. The average Bonchev–Trinajstić information content (AvgIpc) is 3.34. The molecule has 0 unspecified atom stereocenters. The summed E-state index contributed by atoms with van der Waals surface area (Å²) in [6.07, 6.45) is 1.98. The summed E-state index contributed by atoms with van der Waals surface area (Å²) < 4.78 is 39.1. The Morgan fingerprint density at radius 1 is 0.950 bits per heavy atom. The molecular weight excluding hydrogens is 528 g/mol. The predicted molar refractivity (Wildman–Crippen MR) is 153 cm³/mol. The van der Waals surface area contributed by atoms with E-state index in [9.17, 15) is 13.2 Å². The van der Waals surface area contributed by atoms with Gasteiger partial charge in [-0.2, -0.15) is 4.98 Å². The molecule has 0 atom stereocenters. The number of nitrogens with zero attached hydrogens (tertiary/aromatic N) is 2. The van der Waals surface area contributed by atoms with Crippen molar-refractivity contribution in [1.29, 1.82) is 0 Å². The SMILES string of the molecule is Cc1nc(-c2cccc(CCCCNC(=O)Oc3ccc(-c4ccccc4S(=O)(=O)NC(C)(C)C)cc3)c2)no1. The Balaban J connectivity index is 1.26. The van der Waals surface area contributed by atoms with Crippen LogP contribution in [0.3, 0.4) is 0 Å². The van der Waals surface area contributed by atoms with Gasteiger partial charge in [-0.05, 0) is 75.4 Å². The van der Waals surface area contributed by atoms with Gasteiger partial charge in [0.1, 0.15) is 5.75 Å². The Morgan fingerprint density at radius 3 is 2.40 bits per heavy atom. The van der Waals surface area contributed by atoms with Crippen molar-refractivity contribution < 1.29 is 22.5 Å². The van der Waals surface area contributed by atoms with E-state index in [2.05, 4.69) is 26.2 Å². The Labute approximate surface area is 235 Å². The van der Waals surface area contributed by atoms with Gasteiger partial charge in [-0.25, -0.2) is 17.9 Å². The molecule has 0 saturated carbocycles. The number of aryl methyl sites for hydroxylation is 2. The van der Waals surface area contributed by atoms with Gasteiger partial charge in [-0.1, -0.05) is 53.7 Å². The molecule has 4 rings (SSSR count). The molecule has 4 aromatic rings. The molecule has 1 amide bonds. The predicted octanol–water partition coefficient (Wildman–Crippen LogP) is 5.90. The molecule has 9 nitrogen and oxygen atoms in total. The minimum absolute atomic E-state index is 0.188. The molecule has 0 bridgehead atoms. The summed E-state index contributed by atoms with van der Waals surface area (Å²) >= 11 is 0. The fourth-order valence-corrected chi connectivity index (χ4v) is 5.82. The Bertz CT molecular complexity index is 1560. The van der Waals surface area contributed by atoms with E-state index in [1.807, 2.05) is 18.2 Å². The summed E-state index contributed by atoms with van der Waals surface area (Å²) in [6.45, 7) is 7.62. The monoisotopic (exact) mass is 562 g/mol. The molecule has 0 aliphatic carbocycles. The minimum atomic E-state index is -3.73. The first kappa shape index (κ1) is 29.0. The zero-order chi connectivity index (χ0) is 28.8. The first-order valence-electron chi connectivity index (χ1n) is 13.1. The quantitative estimate of drug-likeness (QED) is 0.231. The lowest BCUT2D eigenvalue weighted by molar-refractivity contribution is 0.200. The molecule has 0 saturated heterocycles. The lowest BCUT2D eigenvalue weighted by atomic mass is 10.0. The van der Waals surface area contributed by atoms with Crippen molar-refractivity contribution in [3.8, 4) is 28.3 Å². The minimum Gasteiger partial charge on any atom is -0.410 e. The van der Waals surface area contributed by atoms with E-state index >= 15 is 0 Å². The van der Waals surface area contributed by atoms with Gasteiger partial charge in [0.25, 0.3) is 0 Å². The molecule has 1 aromatic heterocycles. The van der Waals surface area contributed by atoms with Crippen LogP contribution in [0.1, 0.15) is 45.1 Å². The van der Waals surface area contributed by atoms with Gasteiger partial charge in [0.05, 0.1) is 4.90 Å². The highest BCUT2D eigenvalue weighted by Crippen LogP contribution is 2.29.